The summed E-state index contributed by atoms with van der Waals surface area (Å²) in [5, 5.41) is 20.7. The van der Waals surface area contributed by atoms with Crippen LogP contribution in [-0.4, -0.2) is 22.0 Å². The topological polar surface area (TPSA) is 97.0 Å². The van der Waals surface area contributed by atoms with E-state index in [0.717, 1.165) is 5.56 Å². The first-order valence-electron chi connectivity index (χ1n) is 9.93. The first kappa shape index (κ1) is 21.9. The molecule has 0 saturated carbocycles. The number of fused-ring (bicyclic) bond motifs is 1. The number of hydrogen-bond donors (Lipinski definition) is 2. The molecule has 1 heterocycles. The van der Waals surface area contributed by atoms with Gasteiger partial charge in [-0.25, -0.2) is 0 Å². The zero-order valence-corrected chi connectivity index (χ0v) is 19.3. The van der Waals surface area contributed by atoms with Gasteiger partial charge in [0.2, 0.25) is 0 Å². The van der Waals surface area contributed by atoms with Crippen LogP contribution in [0.1, 0.15) is 34.2 Å². The molecule has 0 fully saturated rings. The molecule has 0 aliphatic heterocycles. The summed E-state index contributed by atoms with van der Waals surface area (Å²) < 4.78 is 11.8. The first-order valence-corrected chi connectivity index (χ1v) is 11.0. The molecule has 0 saturated heterocycles. The molecule has 4 rings (SSSR count). The van der Waals surface area contributed by atoms with Crippen molar-refractivity contribution in [2.24, 2.45) is 0 Å². The minimum Gasteiger partial charge on any atom is -0.507 e. The monoisotopic (exact) mass is 542 g/mol. The predicted octanol–water partition coefficient (Wildman–Crippen LogP) is 5.39. The van der Waals surface area contributed by atoms with Gasteiger partial charge < -0.3 is 19.4 Å². The maximum Gasteiger partial charge on any atom is 0.315 e. The third-order valence-corrected chi connectivity index (χ3v) is 5.88. The molecule has 0 spiro atoms. The molecule has 3 aromatic carbocycles. The van der Waals surface area contributed by atoms with Crippen molar-refractivity contribution in [2.75, 3.05) is 0 Å². The Bertz CT molecular complexity index is 1320. The van der Waals surface area contributed by atoms with E-state index in [1.165, 1.54) is 24.3 Å². The Morgan fingerprint density at radius 2 is 1.75 bits per heavy atom. The summed E-state index contributed by atoms with van der Waals surface area (Å²) in [6.45, 7) is 1.86. The Morgan fingerprint density at radius 3 is 2.44 bits per heavy atom. The molecule has 0 unspecified atom stereocenters. The lowest BCUT2D eigenvalue weighted by Crippen LogP contribution is -2.11. The van der Waals surface area contributed by atoms with E-state index in [9.17, 15) is 19.8 Å². The van der Waals surface area contributed by atoms with Gasteiger partial charge in [-0.1, -0.05) is 37.3 Å². The summed E-state index contributed by atoms with van der Waals surface area (Å²) in [4.78, 5) is 25.5. The fraction of sp³-hybridized carbons (Fsp3) is 0.120. The fourth-order valence-corrected chi connectivity index (χ4v) is 3.97. The van der Waals surface area contributed by atoms with Crippen molar-refractivity contribution in [3.05, 3.63) is 86.7 Å². The van der Waals surface area contributed by atoms with Gasteiger partial charge in [0.25, 0.3) is 0 Å². The van der Waals surface area contributed by atoms with E-state index in [4.69, 9.17) is 9.15 Å². The van der Waals surface area contributed by atoms with Crippen LogP contribution in [0.3, 0.4) is 0 Å². The number of rotatable bonds is 6. The van der Waals surface area contributed by atoms with Crippen LogP contribution in [0.4, 0.5) is 0 Å². The van der Waals surface area contributed by atoms with Crippen molar-refractivity contribution < 1.29 is 29.0 Å². The highest BCUT2D eigenvalue weighted by atomic mass is 127. The number of carbonyl (C=O) groups is 2. The Labute approximate surface area is 197 Å². The summed E-state index contributed by atoms with van der Waals surface area (Å²) in [5.74, 6) is -0.561. The summed E-state index contributed by atoms with van der Waals surface area (Å²) in [6.07, 6.45) is 0.509. The Hall–Kier alpha value is -3.33. The van der Waals surface area contributed by atoms with Crippen molar-refractivity contribution in [3.63, 3.8) is 0 Å². The summed E-state index contributed by atoms with van der Waals surface area (Å²) in [6, 6.07) is 16.5. The van der Waals surface area contributed by atoms with Gasteiger partial charge in [-0.3, -0.25) is 9.59 Å². The minimum atomic E-state index is -0.525. The lowest BCUT2D eigenvalue weighted by Gasteiger charge is -2.07. The average molecular weight is 542 g/mol. The molecule has 32 heavy (non-hydrogen) atoms. The number of ketones is 1. The number of esters is 1. The highest BCUT2D eigenvalue weighted by Gasteiger charge is 2.24. The van der Waals surface area contributed by atoms with Gasteiger partial charge in [-0.2, -0.15) is 0 Å². The third kappa shape index (κ3) is 4.34. The molecular formula is C25H19IO6. The smallest absolute Gasteiger partial charge is 0.315 e. The standard InChI is InChI=1S/C25H19IO6/c1-2-20-24(25(30)15-8-9-18(27)17(26)11-15)16-12-19(28)22(13-21(16)31-20)32-23(29)10-14-6-4-3-5-7-14/h3-9,11-13,27-28H,2,10H2,1H3. The molecule has 1 aromatic heterocycles. The molecule has 0 aliphatic rings. The third-order valence-electron chi connectivity index (χ3n) is 5.02. The lowest BCUT2D eigenvalue weighted by atomic mass is 9.99. The minimum absolute atomic E-state index is 0.0342. The van der Waals surface area contributed by atoms with Gasteiger partial charge in [-0.05, 0) is 52.4 Å². The van der Waals surface area contributed by atoms with E-state index in [2.05, 4.69) is 0 Å². The highest BCUT2D eigenvalue weighted by Crippen LogP contribution is 2.37. The van der Waals surface area contributed by atoms with Crippen molar-refractivity contribution in [1.29, 1.82) is 0 Å². The molecule has 0 atom stereocenters. The number of ether oxygens (including phenoxy) is 1. The molecule has 0 radical (unpaired) electrons. The average Bonchev–Trinajstić information content (AvgIpc) is 3.13. The zero-order valence-electron chi connectivity index (χ0n) is 17.1. The van der Waals surface area contributed by atoms with Crippen LogP contribution in [-0.2, 0) is 17.6 Å². The quantitative estimate of drug-likeness (QED) is 0.147. The number of furan rings is 1. The molecule has 7 heteroatoms. The Morgan fingerprint density at radius 1 is 1.00 bits per heavy atom. The van der Waals surface area contributed by atoms with E-state index in [1.54, 1.807) is 6.07 Å². The van der Waals surface area contributed by atoms with E-state index in [0.29, 0.717) is 37.8 Å². The largest absolute Gasteiger partial charge is 0.507 e. The maximum atomic E-state index is 13.2. The SMILES string of the molecule is CCc1oc2cc(OC(=O)Cc3ccccc3)c(O)cc2c1C(=O)c1ccc(O)c(I)c1. The van der Waals surface area contributed by atoms with Crippen LogP contribution in [0, 0.1) is 3.57 Å². The van der Waals surface area contributed by atoms with E-state index < -0.39 is 5.97 Å². The number of benzene rings is 3. The number of aryl methyl sites for hydroxylation is 1. The van der Waals surface area contributed by atoms with Crippen LogP contribution in [0.5, 0.6) is 17.2 Å². The van der Waals surface area contributed by atoms with Crippen LogP contribution in [0.2, 0.25) is 0 Å². The second kappa shape index (κ2) is 9.04. The zero-order chi connectivity index (χ0) is 22.8. The molecule has 4 aromatic rings. The molecule has 0 aliphatic carbocycles. The Kier molecular flexibility index (Phi) is 6.18. The number of hydrogen-bond acceptors (Lipinski definition) is 6. The molecular weight excluding hydrogens is 523 g/mol. The van der Waals surface area contributed by atoms with Gasteiger partial charge in [0.05, 0.1) is 15.6 Å². The number of phenolic OH excluding ortho intramolecular Hbond substituents is 2. The van der Waals surface area contributed by atoms with Gasteiger partial charge in [-0.15, -0.1) is 0 Å². The number of carbonyl (C=O) groups excluding carboxylic acids is 2. The van der Waals surface area contributed by atoms with E-state index in [1.807, 2.05) is 59.8 Å². The fourth-order valence-electron chi connectivity index (χ4n) is 3.46. The lowest BCUT2D eigenvalue weighted by molar-refractivity contribution is -0.133. The Balaban J connectivity index is 1.68. The molecule has 2 N–H and O–H groups in total. The van der Waals surface area contributed by atoms with Gasteiger partial charge in [0.15, 0.2) is 17.3 Å². The van der Waals surface area contributed by atoms with Gasteiger partial charge in [0, 0.05) is 23.4 Å². The second-order valence-electron chi connectivity index (χ2n) is 7.20. The maximum absolute atomic E-state index is 13.2. The van der Waals surface area contributed by atoms with Gasteiger partial charge >= 0.3 is 5.97 Å². The number of halogens is 1. The highest BCUT2D eigenvalue weighted by molar-refractivity contribution is 14.1. The summed E-state index contributed by atoms with van der Waals surface area (Å²) >= 11 is 1.95. The second-order valence-corrected chi connectivity index (χ2v) is 8.36. The van der Waals surface area contributed by atoms with Crippen molar-refractivity contribution in [1.82, 2.24) is 0 Å². The van der Waals surface area contributed by atoms with Crippen molar-refractivity contribution >= 4 is 45.3 Å². The molecule has 0 bridgehead atoms. The normalized spacial score (nSPS) is 10.9. The van der Waals surface area contributed by atoms with Crippen LogP contribution in [0.25, 0.3) is 11.0 Å². The van der Waals surface area contributed by atoms with Gasteiger partial charge in [0.1, 0.15) is 17.1 Å². The van der Waals surface area contributed by atoms with E-state index in [-0.39, 0.29) is 29.5 Å². The van der Waals surface area contributed by atoms with Crippen molar-refractivity contribution in [2.45, 2.75) is 19.8 Å². The van der Waals surface area contributed by atoms with Crippen LogP contribution in [0.15, 0.2) is 65.1 Å². The molecule has 6 nitrogen and oxygen atoms in total. The van der Waals surface area contributed by atoms with Crippen molar-refractivity contribution in [3.8, 4) is 17.2 Å². The summed E-state index contributed by atoms with van der Waals surface area (Å²) in [5.41, 5.74) is 1.85. The molecule has 162 valence electrons. The number of phenols is 2. The van der Waals surface area contributed by atoms with Crippen LogP contribution < -0.4 is 4.74 Å². The van der Waals surface area contributed by atoms with Crippen LogP contribution >= 0.6 is 22.6 Å². The van der Waals surface area contributed by atoms with E-state index >= 15 is 0 Å². The molecule has 0 amide bonds. The first-order chi connectivity index (χ1) is 15.4. The summed E-state index contributed by atoms with van der Waals surface area (Å²) in [7, 11) is 0. The predicted molar refractivity (Wildman–Crippen MR) is 127 cm³/mol. The number of aromatic hydroxyl groups is 2.